The normalized spacial score (nSPS) is 22.1. The molecule has 6 nitrogen and oxygen atoms in total. The lowest BCUT2D eigenvalue weighted by Gasteiger charge is -2.33. The van der Waals surface area contributed by atoms with Crippen LogP contribution in [0.5, 0.6) is 11.5 Å². The van der Waals surface area contributed by atoms with Crippen LogP contribution in [-0.2, 0) is 4.79 Å². The molecule has 132 valence electrons. The smallest absolute Gasteiger partial charge is 0.438 e. The van der Waals surface area contributed by atoms with Gasteiger partial charge in [-0.15, -0.1) is 0 Å². The van der Waals surface area contributed by atoms with Crippen LogP contribution >= 0.6 is 0 Å². The first-order valence-corrected chi connectivity index (χ1v) is 7.06. The van der Waals surface area contributed by atoms with Crippen molar-refractivity contribution in [3.05, 3.63) is 24.3 Å². The number of methoxy groups -OCH3 is 1. The Bertz CT molecular complexity index is 645. The molecule has 0 spiro atoms. The highest BCUT2D eigenvalue weighted by atomic mass is 19.4. The third-order valence-corrected chi connectivity index (χ3v) is 3.51. The minimum atomic E-state index is -5.04. The zero-order chi connectivity index (χ0) is 18.1. The van der Waals surface area contributed by atoms with Crippen molar-refractivity contribution in [3.8, 4) is 11.5 Å². The minimum Gasteiger partial charge on any atom is -0.497 e. The van der Waals surface area contributed by atoms with Gasteiger partial charge in [0.25, 0.3) is 11.6 Å². The molecular formula is C15H17F3N2O4. The summed E-state index contributed by atoms with van der Waals surface area (Å²) in [6.07, 6.45) is -7.11. The molecule has 0 aromatic heterocycles. The number of carbonyl (C=O) groups is 1. The Kier molecular flexibility index (Phi) is 4.75. The van der Waals surface area contributed by atoms with E-state index in [2.05, 4.69) is 5.10 Å². The molecule has 0 radical (unpaired) electrons. The van der Waals surface area contributed by atoms with Crippen molar-refractivity contribution in [2.75, 3.05) is 7.11 Å². The topological polar surface area (TPSA) is 71.4 Å². The van der Waals surface area contributed by atoms with Crippen molar-refractivity contribution in [2.45, 2.75) is 38.3 Å². The van der Waals surface area contributed by atoms with Crippen LogP contribution < -0.4 is 9.47 Å². The van der Waals surface area contributed by atoms with Gasteiger partial charge in [0.15, 0.2) is 6.10 Å². The van der Waals surface area contributed by atoms with Gasteiger partial charge >= 0.3 is 6.18 Å². The third-order valence-electron chi connectivity index (χ3n) is 3.51. The summed E-state index contributed by atoms with van der Waals surface area (Å²) in [6.45, 7) is 2.59. The lowest BCUT2D eigenvalue weighted by atomic mass is 10.1. The number of nitrogens with zero attached hydrogens (tertiary/aromatic N) is 2. The molecule has 0 fully saturated rings. The number of hydrogen-bond acceptors (Lipinski definition) is 5. The third kappa shape index (κ3) is 3.30. The van der Waals surface area contributed by atoms with Crippen LogP contribution in [0.25, 0.3) is 0 Å². The Morgan fingerprint density at radius 2 is 1.88 bits per heavy atom. The van der Waals surface area contributed by atoms with Gasteiger partial charge in [0.1, 0.15) is 11.5 Å². The van der Waals surface area contributed by atoms with Crippen LogP contribution in [0.3, 0.4) is 0 Å². The van der Waals surface area contributed by atoms with E-state index in [1.54, 1.807) is 12.1 Å². The summed E-state index contributed by atoms with van der Waals surface area (Å²) in [5, 5.41) is 13.5. The first-order chi connectivity index (χ1) is 11.1. The second-order valence-corrected chi connectivity index (χ2v) is 5.41. The van der Waals surface area contributed by atoms with Gasteiger partial charge in [0.05, 0.1) is 7.11 Å². The second kappa shape index (κ2) is 6.31. The Morgan fingerprint density at radius 3 is 2.38 bits per heavy atom. The molecule has 1 aromatic carbocycles. The van der Waals surface area contributed by atoms with Crippen molar-refractivity contribution in [2.24, 2.45) is 5.10 Å². The zero-order valence-corrected chi connectivity index (χ0v) is 13.3. The van der Waals surface area contributed by atoms with E-state index in [1.165, 1.54) is 33.1 Å². The highest BCUT2D eigenvalue weighted by Gasteiger charge is 2.63. The predicted octanol–water partition coefficient (Wildman–Crippen LogP) is 2.32. The Morgan fingerprint density at radius 1 is 1.33 bits per heavy atom. The molecule has 1 heterocycles. The van der Waals surface area contributed by atoms with Crippen LogP contribution in [0.2, 0.25) is 0 Å². The SMILES string of the molecule is COc1ccc(O[C@@H](C)C(=O)N2N=C(C)C[C@@]2(O)C(F)(F)F)cc1. The second-order valence-electron chi connectivity index (χ2n) is 5.41. The largest absolute Gasteiger partial charge is 0.497 e. The number of aliphatic hydroxyl groups is 1. The molecule has 24 heavy (non-hydrogen) atoms. The van der Waals surface area contributed by atoms with E-state index in [0.29, 0.717) is 5.75 Å². The molecule has 2 rings (SSSR count). The van der Waals surface area contributed by atoms with E-state index in [9.17, 15) is 23.1 Å². The van der Waals surface area contributed by atoms with Gasteiger partial charge in [-0.3, -0.25) is 4.79 Å². The standard InChI is InChI=1S/C15H17F3N2O4/c1-9-8-14(22,15(16,17)18)20(19-9)13(21)10(2)24-12-6-4-11(23-3)5-7-12/h4-7,10,22H,8H2,1-3H3/t10-,14+/m0/s1. The average molecular weight is 346 g/mol. The van der Waals surface area contributed by atoms with Crippen LogP contribution in [0.15, 0.2) is 29.4 Å². The van der Waals surface area contributed by atoms with Crippen LogP contribution in [-0.4, -0.2) is 46.8 Å². The van der Waals surface area contributed by atoms with E-state index in [-0.39, 0.29) is 16.5 Å². The molecule has 2 atom stereocenters. The van der Waals surface area contributed by atoms with E-state index < -0.39 is 30.3 Å². The molecule has 1 amide bonds. The maximum atomic E-state index is 13.1. The number of rotatable bonds is 4. The van der Waals surface area contributed by atoms with Gasteiger partial charge in [0.2, 0.25) is 0 Å². The number of hydrazone groups is 1. The van der Waals surface area contributed by atoms with Gasteiger partial charge in [-0.1, -0.05) is 0 Å². The first kappa shape index (κ1) is 18.1. The Hall–Kier alpha value is -2.29. The maximum absolute atomic E-state index is 13.1. The molecule has 1 aliphatic heterocycles. The fraction of sp³-hybridized carbons (Fsp3) is 0.467. The zero-order valence-electron chi connectivity index (χ0n) is 13.3. The van der Waals surface area contributed by atoms with Crippen molar-refractivity contribution in [3.63, 3.8) is 0 Å². The van der Waals surface area contributed by atoms with Crippen molar-refractivity contribution >= 4 is 11.6 Å². The minimum absolute atomic E-state index is 0.000164. The molecule has 9 heteroatoms. The summed E-state index contributed by atoms with van der Waals surface area (Å²) in [4.78, 5) is 12.3. The molecule has 0 unspecified atom stereocenters. The molecule has 0 saturated carbocycles. The number of carbonyl (C=O) groups excluding carboxylic acids is 1. The molecular weight excluding hydrogens is 329 g/mol. The first-order valence-electron chi connectivity index (χ1n) is 7.06. The summed E-state index contributed by atoms with van der Waals surface area (Å²) in [5.74, 6) is -0.262. The number of alkyl halides is 3. The molecule has 1 aromatic rings. The fourth-order valence-electron chi connectivity index (χ4n) is 2.25. The molecule has 1 N–H and O–H groups in total. The van der Waals surface area contributed by atoms with E-state index in [0.717, 1.165) is 0 Å². The van der Waals surface area contributed by atoms with Crippen LogP contribution in [0.4, 0.5) is 13.2 Å². The number of halogens is 3. The van der Waals surface area contributed by atoms with Gasteiger partial charge in [-0.2, -0.15) is 23.3 Å². The summed E-state index contributed by atoms with van der Waals surface area (Å²) in [7, 11) is 1.48. The number of hydrogen-bond donors (Lipinski definition) is 1. The quantitative estimate of drug-likeness (QED) is 0.908. The number of benzene rings is 1. The number of amides is 1. The van der Waals surface area contributed by atoms with Crippen molar-refractivity contribution < 1.29 is 32.5 Å². The van der Waals surface area contributed by atoms with Crippen LogP contribution in [0, 0.1) is 0 Å². The maximum Gasteiger partial charge on any atom is 0.438 e. The van der Waals surface area contributed by atoms with Gasteiger partial charge in [-0.25, -0.2) is 0 Å². The molecule has 1 aliphatic rings. The fourth-order valence-corrected chi connectivity index (χ4v) is 2.25. The Labute approximate surface area is 136 Å². The highest BCUT2D eigenvalue weighted by molar-refractivity contribution is 5.90. The predicted molar refractivity (Wildman–Crippen MR) is 78.7 cm³/mol. The van der Waals surface area contributed by atoms with Gasteiger partial charge in [0, 0.05) is 12.1 Å². The summed E-state index contributed by atoms with van der Waals surface area (Å²) < 4.78 is 49.7. The lowest BCUT2D eigenvalue weighted by molar-refractivity contribution is -0.303. The van der Waals surface area contributed by atoms with E-state index in [1.807, 2.05) is 0 Å². The number of ether oxygens (including phenoxy) is 2. The van der Waals surface area contributed by atoms with E-state index in [4.69, 9.17) is 9.47 Å². The highest BCUT2D eigenvalue weighted by Crippen LogP contribution is 2.40. The van der Waals surface area contributed by atoms with Crippen molar-refractivity contribution in [1.82, 2.24) is 5.01 Å². The summed E-state index contributed by atoms with van der Waals surface area (Å²) in [6, 6.07) is 6.18. The van der Waals surface area contributed by atoms with Gasteiger partial charge in [-0.05, 0) is 38.1 Å². The monoisotopic (exact) mass is 346 g/mol. The van der Waals surface area contributed by atoms with Crippen LogP contribution in [0.1, 0.15) is 20.3 Å². The molecule has 0 aliphatic carbocycles. The average Bonchev–Trinajstić information content (AvgIpc) is 2.83. The summed E-state index contributed by atoms with van der Waals surface area (Å²) in [5.41, 5.74) is -3.36. The van der Waals surface area contributed by atoms with Crippen molar-refractivity contribution in [1.29, 1.82) is 0 Å². The Balaban J connectivity index is 2.16. The molecule has 0 bridgehead atoms. The van der Waals surface area contributed by atoms with E-state index >= 15 is 0 Å². The summed E-state index contributed by atoms with van der Waals surface area (Å²) >= 11 is 0. The van der Waals surface area contributed by atoms with Gasteiger partial charge < -0.3 is 14.6 Å². The lowest BCUT2D eigenvalue weighted by Crippen LogP contribution is -2.58. The molecule has 0 saturated heterocycles.